The molecular formula is C16H32O2. The first-order valence-electron chi connectivity index (χ1n) is 7.89. The number of esters is 1. The average molecular weight is 256 g/mol. The Balaban J connectivity index is 4.05. The van der Waals surface area contributed by atoms with Crippen LogP contribution in [0.15, 0.2) is 0 Å². The first-order chi connectivity index (χ1) is 8.69. The van der Waals surface area contributed by atoms with Crippen LogP contribution in [-0.4, -0.2) is 12.1 Å². The molecule has 2 nitrogen and oxygen atoms in total. The number of unbranched alkanes of at least 4 members (excludes halogenated alkanes) is 3. The van der Waals surface area contributed by atoms with Crippen molar-refractivity contribution in [3.05, 3.63) is 0 Å². The molecule has 0 aromatic heterocycles. The Morgan fingerprint density at radius 1 is 0.889 bits per heavy atom. The van der Waals surface area contributed by atoms with E-state index in [9.17, 15) is 4.79 Å². The van der Waals surface area contributed by atoms with Gasteiger partial charge in [-0.15, -0.1) is 0 Å². The van der Waals surface area contributed by atoms with E-state index in [-0.39, 0.29) is 18.0 Å². The molecule has 0 aliphatic heterocycles. The van der Waals surface area contributed by atoms with Crippen LogP contribution in [0.2, 0.25) is 0 Å². The van der Waals surface area contributed by atoms with Gasteiger partial charge in [0.2, 0.25) is 0 Å². The molecule has 2 atom stereocenters. The van der Waals surface area contributed by atoms with Crippen molar-refractivity contribution in [2.75, 3.05) is 0 Å². The zero-order valence-corrected chi connectivity index (χ0v) is 12.8. The Morgan fingerprint density at radius 2 is 1.56 bits per heavy atom. The third-order valence-electron chi connectivity index (χ3n) is 3.60. The number of carbonyl (C=O) groups is 1. The summed E-state index contributed by atoms with van der Waals surface area (Å²) in [7, 11) is 0. The van der Waals surface area contributed by atoms with Crippen molar-refractivity contribution in [2.45, 2.75) is 91.6 Å². The van der Waals surface area contributed by atoms with Crippen LogP contribution in [0.5, 0.6) is 0 Å². The van der Waals surface area contributed by atoms with Gasteiger partial charge in [0.15, 0.2) is 0 Å². The van der Waals surface area contributed by atoms with Crippen molar-refractivity contribution < 1.29 is 9.53 Å². The topological polar surface area (TPSA) is 26.3 Å². The molecule has 0 saturated heterocycles. The molecule has 108 valence electrons. The summed E-state index contributed by atoms with van der Waals surface area (Å²) in [6.07, 6.45) is 9.91. The van der Waals surface area contributed by atoms with Gasteiger partial charge in [0.05, 0.1) is 5.92 Å². The second-order valence-electron chi connectivity index (χ2n) is 5.21. The molecule has 0 aliphatic carbocycles. The minimum Gasteiger partial charge on any atom is -0.462 e. The predicted molar refractivity (Wildman–Crippen MR) is 77.6 cm³/mol. The van der Waals surface area contributed by atoms with Gasteiger partial charge in [0.1, 0.15) is 6.10 Å². The highest BCUT2D eigenvalue weighted by molar-refractivity contribution is 5.72. The molecule has 0 bridgehead atoms. The fourth-order valence-corrected chi connectivity index (χ4v) is 2.17. The molecule has 0 amide bonds. The standard InChI is InChI=1S/C16H32O2/c1-5-9-11-13-15(8-4)18-16(17)14(7-3)12-10-6-2/h14-15H,5-13H2,1-4H3. The Bertz CT molecular complexity index is 201. The molecule has 0 rings (SSSR count). The third kappa shape index (κ3) is 7.73. The second-order valence-corrected chi connectivity index (χ2v) is 5.21. The van der Waals surface area contributed by atoms with Gasteiger partial charge in [-0.25, -0.2) is 0 Å². The summed E-state index contributed by atoms with van der Waals surface area (Å²) in [5.41, 5.74) is 0. The van der Waals surface area contributed by atoms with E-state index in [2.05, 4.69) is 27.7 Å². The number of rotatable bonds is 11. The smallest absolute Gasteiger partial charge is 0.309 e. The Kier molecular flexibility index (Phi) is 11.2. The molecule has 18 heavy (non-hydrogen) atoms. The zero-order chi connectivity index (χ0) is 13.8. The van der Waals surface area contributed by atoms with E-state index >= 15 is 0 Å². The summed E-state index contributed by atoms with van der Waals surface area (Å²) in [5, 5.41) is 0. The van der Waals surface area contributed by atoms with Crippen LogP contribution in [0.25, 0.3) is 0 Å². The highest BCUT2D eigenvalue weighted by atomic mass is 16.5. The van der Waals surface area contributed by atoms with E-state index in [1.165, 1.54) is 19.3 Å². The summed E-state index contributed by atoms with van der Waals surface area (Å²) in [5.74, 6) is 0.152. The van der Waals surface area contributed by atoms with Crippen molar-refractivity contribution in [3.8, 4) is 0 Å². The maximum Gasteiger partial charge on any atom is 0.309 e. The summed E-state index contributed by atoms with van der Waals surface area (Å²) >= 11 is 0. The summed E-state index contributed by atoms with van der Waals surface area (Å²) in [4.78, 5) is 12.1. The van der Waals surface area contributed by atoms with E-state index in [1.807, 2.05) is 0 Å². The van der Waals surface area contributed by atoms with Gasteiger partial charge in [0.25, 0.3) is 0 Å². The molecule has 0 aliphatic rings. The molecule has 0 aromatic rings. The molecule has 2 unspecified atom stereocenters. The number of hydrogen-bond donors (Lipinski definition) is 0. The first-order valence-corrected chi connectivity index (χ1v) is 7.89. The molecule has 2 heteroatoms. The molecule has 0 aromatic carbocycles. The van der Waals surface area contributed by atoms with Crippen LogP contribution in [0, 0.1) is 5.92 Å². The predicted octanol–water partition coefficient (Wildman–Crippen LogP) is 5.10. The van der Waals surface area contributed by atoms with Crippen LogP contribution in [-0.2, 0) is 9.53 Å². The number of carbonyl (C=O) groups excluding carboxylic acids is 1. The van der Waals surface area contributed by atoms with E-state index in [0.29, 0.717) is 0 Å². The lowest BCUT2D eigenvalue weighted by Gasteiger charge is -2.20. The molecule has 0 spiro atoms. The normalized spacial score (nSPS) is 14.2. The maximum absolute atomic E-state index is 12.1. The van der Waals surface area contributed by atoms with Crippen molar-refractivity contribution >= 4 is 5.97 Å². The van der Waals surface area contributed by atoms with Gasteiger partial charge >= 0.3 is 5.97 Å². The fourth-order valence-electron chi connectivity index (χ4n) is 2.17. The molecule has 0 fully saturated rings. The van der Waals surface area contributed by atoms with Crippen LogP contribution in [0.3, 0.4) is 0 Å². The Hall–Kier alpha value is -0.530. The molecule has 0 heterocycles. The van der Waals surface area contributed by atoms with Gasteiger partial charge in [0, 0.05) is 0 Å². The highest BCUT2D eigenvalue weighted by Gasteiger charge is 2.20. The zero-order valence-electron chi connectivity index (χ0n) is 12.8. The Labute approximate surface area is 113 Å². The van der Waals surface area contributed by atoms with Crippen LogP contribution in [0.4, 0.5) is 0 Å². The number of hydrogen-bond acceptors (Lipinski definition) is 2. The van der Waals surface area contributed by atoms with Crippen molar-refractivity contribution in [3.63, 3.8) is 0 Å². The first kappa shape index (κ1) is 17.5. The third-order valence-corrected chi connectivity index (χ3v) is 3.60. The lowest BCUT2D eigenvalue weighted by molar-refractivity contribution is -0.155. The van der Waals surface area contributed by atoms with Crippen molar-refractivity contribution in [1.82, 2.24) is 0 Å². The lowest BCUT2D eigenvalue weighted by atomic mass is 9.99. The minimum absolute atomic E-state index is 0.0364. The van der Waals surface area contributed by atoms with E-state index in [0.717, 1.165) is 38.5 Å². The van der Waals surface area contributed by atoms with Crippen LogP contribution in [0.1, 0.15) is 85.5 Å². The van der Waals surface area contributed by atoms with E-state index in [4.69, 9.17) is 4.74 Å². The highest BCUT2D eigenvalue weighted by Crippen LogP contribution is 2.18. The summed E-state index contributed by atoms with van der Waals surface area (Å²) < 4.78 is 5.66. The fraction of sp³-hybridized carbons (Fsp3) is 0.938. The molecule has 0 saturated carbocycles. The van der Waals surface area contributed by atoms with Crippen LogP contribution < -0.4 is 0 Å². The summed E-state index contributed by atoms with van der Waals surface area (Å²) in [6, 6.07) is 0. The monoisotopic (exact) mass is 256 g/mol. The number of ether oxygens (including phenoxy) is 1. The van der Waals surface area contributed by atoms with Gasteiger partial charge in [-0.3, -0.25) is 4.79 Å². The van der Waals surface area contributed by atoms with E-state index in [1.54, 1.807) is 0 Å². The summed E-state index contributed by atoms with van der Waals surface area (Å²) in [6.45, 7) is 8.55. The molecule has 0 radical (unpaired) electrons. The lowest BCUT2D eigenvalue weighted by Crippen LogP contribution is -2.24. The maximum atomic E-state index is 12.1. The van der Waals surface area contributed by atoms with Gasteiger partial charge in [-0.2, -0.15) is 0 Å². The van der Waals surface area contributed by atoms with Gasteiger partial charge in [-0.05, 0) is 32.1 Å². The average Bonchev–Trinajstić information content (AvgIpc) is 2.38. The molecular weight excluding hydrogens is 224 g/mol. The Morgan fingerprint density at radius 3 is 2.06 bits per heavy atom. The largest absolute Gasteiger partial charge is 0.462 e. The van der Waals surface area contributed by atoms with Gasteiger partial charge < -0.3 is 4.74 Å². The second kappa shape index (κ2) is 11.6. The quantitative estimate of drug-likeness (QED) is 0.379. The van der Waals surface area contributed by atoms with Crippen LogP contribution >= 0.6 is 0 Å². The molecule has 0 N–H and O–H groups in total. The SMILES string of the molecule is CCCCCC(CC)OC(=O)C(CC)CCCC. The van der Waals surface area contributed by atoms with Crippen molar-refractivity contribution in [2.24, 2.45) is 5.92 Å². The van der Waals surface area contributed by atoms with Crippen molar-refractivity contribution in [1.29, 1.82) is 0 Å². The minimum atomic E-state index is 0.0364. The van der Waals surface area contributed by atoms with Gasteiger partial charge in [-0.1, -0.05) is 53.4 Å². The van der Waals surface area contributed by atoms with E-state index < -0.39 is 0 Å².